The van der Waals surface area contributed by atoms with E-state index in [0.717, 1.165) is 31.2 Å². The summed E-state index contributed by atoms with van der Waals surface area (Å²) in [5, 5.41) is 9.21. The number of carbonyl (C=O) groups excluding carboxylic acids is 1. The minimum atomic E-state index is -3.44. The number of nitrogens with zero attached hydrogens (tertiary/aromatic N) is 5. The van der Waals surface area contributed by atoms with Gasteiger partial charge in [0.2, 0.25) is 15.9 Å². The predicted octanol–water partition coefficient (Wildman–Crippen LogP) is 3.15. The first-order chi connectivity index (χ1) is 15.3. The second-order valence-corrected chi connectivity index (χ2v) is 11.6. The number of thioether (sulfide) groups is 1. The van der Waals surface area contributed by atoms with Crippen molar-refractivity contribution in [2.45, 2.75) is 68.1 Å². The molecule has 2 fully saturated rings. The Hall–Kier alpha value is -1.91. The van der Waals surface area contributed by atoms with E-state index >= 15 is 0 Å². The van der Waals surface area contributed by atoms with Gasteiger partial charge in [0, 0.05) is 37.8 Å². The first-order valence-corrected chi connectivity index (χ1v) is 13.7. The van der Waals surface area contributed by atoms with E-state index in [2.05, 4.69) is 24.0 Å². The number of piperidine rings is 1. The largest absolute Gasteiger partial charge is 0.337 e. The molecule has 1 aromatic carbocycles. The zero-order valence-corrected chi connectivity index (χ0v) is 20.5. The van der Waals surface area contributed by atoms with E-state index in [4.69, 9.17) is 0 Å². The Morgan fingerprint density at radius 3 is 2.28 bits per heavy atom. The van der Waals surface area contributed by atoms with Crippen LogP contribution < -0.4 is 0 Å². The van der Waals surface area contributed by atoms with E-state index in [0.29, 0.717) is 34.7 Å². The molecule has 2 aromatic rings. The number of aromatic nitrogens is 3. The Balaban J connectivity index is 1.44. The van der Waals surface area contributed by atoms with Gasteiger partial charge in [-0.1, -0.05) is 11.8 Å². The van der Waals surface area contributed by atoms with Crippen LogP contribution in [0.3, 0.4) is 0 Å². The molecule has 4 rings (SSSR count). The minimum Gasteiger partial charge on any atom is -0.337 e. The molecule has 174 valence electrons. The quantitative estimate of drug-likeness (QED) is 0.594. The second-order valence-electron chi connectivity index (χ2n) is 8.72. The second kappa shape index (κ2) is 9.52. The summed E-state index contributed by atoms with van der Waals surface area (Å²) in [6.45, 7) is 5.40. The van der Waals surface area contributed by atoms with E-state index in [-0.39, 0.29) is 18.0 Å². The average molecular weight is 478 g/mol. The molecule has 0 saturated carbocycles. The summed E-state index contributed by atoms with van der Waals surface area (Å²) in [6, 6.07) is 7.35. The van der Waals surface area contributed by atoms with E-state index in [1.807, 2.05) is 16.5 Å². The highest BCUT2D eigenvalue weighted by Gasteiger charge is 2.29. The van der Waals surface area contributed by atoms with Crippen LogP contribution in [0.15, 0.2) is 34.3 Å². The third kappa shape index (κ3) is 4.58. The van der Waals surface area contributed by atoms with Crippen molar-refractivity contribution >= 4 is 27.7 Å². The van der Waals surface area contributed by atoms with Crippen LogP contribution in [-0.2, 0) is 21.9 Å². The highest BCUT2D eigenvalue weighted by molar-refractivity contribution is 7.99. The highest BCUT2D eigenvalue weighted by atomic mass is 32.2. The normalized spacial score (nSPS) is 22.4. The van der Waals surface area contributed by atoms with Crippen LogP contribution in [0.1, 0.15) is 46.0 Å². The Labute approximate surface area is 194 Å². The van der Waals surface area contributed by atoms with Gasteiger partial charge < -0.3 is 9.47 Å². The SMILES string of the molecule is C[C@@H]1CCC[C@H](C)N1C(=O)CSc1nnc(-c2ccc(S(=O)(=O)N3CCCC3)cc2)n1C. The molecule has 2 saturated heterocycles. The molecule has 2 aliphatic heterocycles. The van der Waals surface area contributed by atoms with Gasteiger partial charge in [-0.05, 0) is 70.2 Å². The van der Waals surface area contributed by atoms with Crippen molar-refractivity contribution in [2.24, 2.45) is 7.05 Å². The van der Waals surface area contributed by atoms with E-state index in [1.165, 1.54) is 18.2 Å². The molecular weight excluding hydrogens is 446 g/mol. The van der Waals surface area contributed by atoms with Gasteiger partial charge in [-0.2, -0.15) is 4.31 Å². The summed E-state index contributed by atoms with van der Waals surface area (Å²) in [4.78, 5) is 15.1. The van der Waals surface area contributed by atoms with Gasteiger partial charge in [-0.25, -0.2) is 8.42 Å². The van der Waals surface area contributed by atoms with Gasteiger partial charge in [-0.3, -0.25) is 4.79 Å². The van der Waals surface area contributed by atoms with Gasteiger partial charge in [0.25, 0.3) is 0 Å². The molecule has 10 heteroatoms. The van der Waals surface area contributed by atoms with Crippen molar-refractivity contribution in [1.82, 2.24) is 24.0 Å². The molecule has 0 bridgehead atoms. The summed E-state index contributed by atoms with van der Waals surface area (Å²) in [5.74, 6) is 1.11. The Morgan fingerprint density at radius 2 is 1.66 bits per heavy atom. The summed E-state index contributed by atoms with van der Waals surface area (Å²) in [6.07, 6.45) is 5.10. The van der Waals surface area contributed by atoms with Crippen molar-refractivity contribution < 1.29 is 13.2 Å². The summed E-state index contributed by atoms with van der Waals surface area (Å²) < 4.78 is 28.9. The number of benzene rings is 1. The maximum Gasteiger partial charge on any atom is 0.243 e. The van der Waals surface area contributed by atoms with Crippen molar-refractivity contribution in [2.75, 3.05) is 18.8 Å². The molecule has 1 aromatic heterocycles. The van der Waals surface area contributed by atoms with E-state index < -0.39 is 10.0 Å². The van der Waals surface area contributed by atoms with Crippen molar-refractivity contribution in [3.8, 4) is 11.4 Å². The number of hydrogen-bond acceptors (Lipinski definition) is 6. The molecule has 0 N–H and O–H groups in total. The topological polar surface area (TPSA) is 88.4 Å². The molecule has 0 aliphatic carbocycles. The minimum absolute atomic E-state index is 0.135. The van der Waals surface area contributed by atoms with Gasteiger partial charge in [-0.15, -0.1) is 10.2 Å². The number of amides is 1. The number of carbonyl (C=O) groups is 1. The van der Waals surface area contributed by atoms with Crippen LogP contribution in [0.25, 0.3) is 11.4 Å². The lowest BCUT2D eigenvalue weighted by atomic mass is 9.98. The van der Waals surface area contributed by atoms with Gasteiger partial charge in [0.05, 0.1) is 10.6 Å². The molecule has 8 nitrogen and oxygen atoms in total. The Bertz CT molecular complexity index is 1050. The lowest BCUT2D eigenvalue weighted by molar-refractivity contribution is -0.134. The third-order valence-corrected chi connectivity index (χ3v) is 9.37. The number of hydrogen-bond donors (Lipinski definition) is 0. The molecule has 1 amide bonds. The lowest BCUT2D eigenvalue weighted by Crippen LogP contribution is -2.48. The van der Waals surface area contributed by atoms with Crippen LogP contribution in [-0.4, -0.2) is 69.2 Å². The number of rotatable bonds is 6. The van der Waals surface area contributed by atoms with Crippen molar-refractivity contribution in [1.29, 1.82) is 0 Å². The molecule has 32 heavy (non-hydrogen) atoms. The summed E-state index contributed by atoms with van der Waals surface area (Å²) in [5.41, 5.74) is 0.789. The summed E-state index contributed by atoms with van der Waals surface area (Å²) >= 11 is 1.39. The number of likely N-dealkylation sites (tertiary alicyclic amines) is 1. The summed E-state index contributed by atoms with van der Waals surface area (Å²) in [7, 11) is -1.57. The van der Waals surface area contributed by atoms with Gasteiger partial charge in [0.15, 0.2) is 11.0 Å². The van der Waals surface area contributed by atoms with Crippen molar-refractivity contribution in [3.63, 3.8) is 0 Å². The molecule has 3 heterocycles. The van der Waals surface area contributed by atoms with Crippen molar-refractivity contribution in [3.05, 3.63) is 24.3 Å². The van der Waals surface area contributed by atoms with Crippen LogP contribution in [0.4, 0.5) is 0 Å². The maximum absolute atomic E-state index is 12.8. The average Bonchev–Trinajstić information content (AvgIpc) is 3.43. The van der Waals surface area contributed by atoms with E-state index in [1.54, 1.807) is 28.6 Å². The zero-order chi connectivity index (χ0) is 22.9. The lowest BCUT2D eigenvalue weighted by Gasteiger charge is -2.39. The van der Waals surface area contributed by atoms with Crippen LogP contribution in [0.5, 0.6) is 0 Å². The predicted molar refractivity (Wildman–Crippen MR) is 125 cm³/mol. The molecule has 2 aliphatic rings. The van der Waals surface area contributed by atoms with Crippen LogP contribution >= 0.6 is 11.8 Å². The molecule has 2 atom stereocenters. The number of sulfonamides is 1. The standard InChI is InChI=1S/C22H31N5O3S2/c1-16-7-6-8-17(2)27(16)20(28)15-31-22-24-23-21(25(22)3)18-9-11-19(12-10-18)32(29,30)26-13-4-5-14-26/h9-12,16-17H,4-8,13-15H2,1-3H3/t16-,17+. The molecule has 0 unspecified atom stereocenters. The van der Waals surface area contributed by atoms with Gasteiger partial charge in [0.1, 0.15) is 0 Å². The Kier molecular flexibility index (Phi) is 6.92. The fraction of sp³-hybridized carbons (Fsp3) is 0.591. The molecular formula is C22H31N5O3S2. The van der Waals surface area contributed by atoms with E-state index in [9.17, 15) is 13.2 Å². The van der Waals surface area contributed by atoms with Crippen LogP contribution in [0.2, 0.25) is 0 Å². The Morgan fingerprint density at radius 1 is 1.03 bits per heavy atom. The van der Waals surface area contributed by atoms with Crippen LogP contribution in [0, 0.1) is 0 Å². The fourth-order valence-electron chi connectivity index (χ4n) is 4.66. The zero-order valence-electron chi connectivity index (χ0n) is 18.9. The van der Waals surface area contributed by atoms with Gasteiger partial charge >= 0.3 is 0 Å². The first kappa shape index (κ1) is 23.3. The molecule has 0 radical (unpaired) electrons. The highest BCUT2D eigenvalue weighted by Crippen LogP contribution is 2.28. The third-order valence-electron chi connectivity index (χ3n) is 6.46. The smallest absolute Gasteiger partial charge is 0.243 e. The first-order valence-electron chi connectivity index (χ1n) is 11.2. The monoisotopic (exact) mass is 477 g/mol. The molecule has 0 spiro atoms. The fourth-order valence-corrected chi connectivity index (χ4v) is 6.96. The maximum atomic E-state index is 12.8.